The van der Waals surface area contributed by atoms with Crippen LogP contribution in [-0.4, -0.2) is 61.8 Å². The van der Waals surface area contributed by atoms with E-state index in [0.29, 0.717) is 43.5 Å². The van der Waals surface area contributed by atoms with Crippen LogP contribution in [0.25, 0.3) is 11.5 Å². The highest BCUT2D eigenvalue weighted by Gasteiger charge is 2.48. The Balaban J connectivity index is 1.39. The van der Waals surface area contributed by atoms with Crippen LogP contribution in [0.3, 0.4) is 0 Å². The third kappa shape index (κ3) is 7.46. The topological polar surface area (TPSA) is 98.5 Å². The summed E-state index contributed by atoms with van der Waals surface area (Å²) in [6, 6.07) is 8.10. The minimum atomic E-state index is -0.217. The second-order valence-electron chi connectivity index (χ2n) is 11.4. The van der Waals surface area contributed by atoms with Crippen LogP contribution in [0.5, 0.6) is 5.75 Å². The lowest BCUT2D eigenvalue weighted by molar-refractivity contribution is -0.138. The zero-order chi connectivity index (χ0) is 26.4. The smallest absolute Gasteiger partial charge is 0.276 e. The summed E-state index contributed by atoms with van der Waals surface area (Å²) in [4.78, 5) is 12.8. The number of amides is 1. The number of nitrogens with one attached hydrogen (secondary N) is 2. The first-order chi connectivity index (χ1) is 17.0. The molecule has 3 rings (SSSR count). The number of benzene rings is 1. The first-order valence-electron chi connectivity index (χ1n) is 12.7. The van der Waals surface area contributed by atoms with Gasteiger partial charge in [-0.2, -0.15) is 0 Å². The van der Waals surface area contributed by atoms with E-state index in [1.54, 1.807) is 0 Å². The van der Waals surface area contributed by atoms with Crippen LogP contribution in [0.4, 0.5) is 0 Å². The van der Waals surface area contributed by atoms with Crippen molar-refractivity contribution in [2.24, 2.45) is 16.2 Å². The van der Waals surface area contributed by atoms with Gasteiger partial charge in [0.05, 0.1) is 25.2 Å². The van der Waals surface area contributed by atoms with Crippen molar-refractivity contribution in [3.63, 3.8) is 0 Å². The van der Waals surface area contributed by atoms with Gasteiger partial charge in [0, 0.05) is 29.0 Å². The molecule has 1 saturated carbocycles. The van der Waals surface area contributed by atoms with Gasteiger partial charge < -0.3 is 24.5 Å². The highest BCUT2D eigenvalue weighted by molar-refractivity contribution is 7.98. The summed E-state index contributed by atoms with van der Waals surface area (Å²) in [6.45, 7) is 12.8. The third-order valence-corrected chi connectivity index (χ3v) is 7.38. The van der Waals surface area contributed by atoms with E-state index in [-0.39, 0.29) is 22.2 Å². The Morgan fingerprint density at radius 2 is 1.78 bits per heavy atom. The number of hydrogen-bond acceptors (Lipinski definition) is 8. The first-order valence-corrected chi connectivity index (χ1v) is 13.9. The lowest BCUT2D eigenvalue weighted by Crippen LogP contribution is -2.56. The van der Waals surface area contributed by atoms with Gasteiger partial charge in [-0.25, -0.2) is 0 Å². The number of thioether (sulfide) groups is 1. The van der Waals surface area contributed by atoms with Crippen molar-refractivity contribution in [3.8, 4) is 17.2 Å². The summed E-state index contributed by atoms with van der Waals surface area (Å²) in [5.41, 5.74) is 0.313. The molecule has 36 heavy (non-hydrogen) atoms. The molecule has 0 aliphatic heterocycles. The Labute approximate surface area is 219 Å². The van der Waals surface area contributed by atoms with E-state index in [4.69, 9.17) is 13.9 Å². The zero-order valence-electron chi connectivity index (χ0n) is 22.8. The number of rotatable bonds is 14. The number of nitrogens with zero attached hydrogens (tertiary/aromatic N) is 2. The van der Waals surface area contributed by atoms with Gasteiger partial charge >= 0.3 is 0 Å². The Morgan fingerprint density at radius 1 is 1.11 bits per heavy atom. The molecule has 1 aromatic carbocycles. The molecule has 0 saturated heterocycles. The standard InChI is InChI=1S/C27H42N4O4S/c1-8-27(13-20(14-27)28-6)23(32)29-15-25(2,3)16-33-17-26(4,5)18-34-21-11-9-19(10-12-21)22-30-31-24(35-22)36-7/h9-12,20,28H,8,13-18H2,1-7H3,(H,29,32). The average molecular weight is 519 g/mol. The SMILES string of the molecule is CCC1(C(=O)NCC(C)(C)COCC(C)(C)COc2ccc(-c3nnc(SC)o3)cc2)CC(NC)C1. The van der Waals surface area contributed by atoms with Crippen molar-refractivity contribution in [1.29, 1.82) is 0 Å². The van der Waals surface area contributed by atoms with Crippen molar-refractivity contribution in [3.05, 3.63) is 24.3 Å². The molecule has 2 aromatic rings. The largest absolute Gasteiger partial charge is 0.493 e. The van der Waals surface area contributed by atoms with Crippen LogP contribution in [-0.2, 0) is 9.53 Å². The second kappa shape index (κ2) is 12.0. The summed E-state index contributed by atoms with van der Waals surface area (Å²) in [5, 5.41) is 15.0. The zero-order valence-corrected chi connectivity index (χ0v) is 23.6. The highest BCUT2D eigenvalue weighted by Crippen LogP contribution is 2.44. The Kier molecular flexibility index (Phi) is 9.46. The van der Waals surface area contributed by atoms with Crippen molar-refractivity contribution in [2.75, 3.05) is 39.7 Å². The van der Waals surface area contributed by atoms with Gasteiger partial charge in [0.2, 0.25) is 11.8 Å². The molecule has 2 N–H and O–H groups in total. The Bertz CT molecular complexity index is 984. The van der Waals surface area contributed by atoms with Crippen LogP contribution >= 0.6 is 11.8 Å². The molecule has 0 radical (unpaired) electrons. The average Bonchev–Trinajstić information content (AvgIpc) is 3.31. The maximum absolute atomic E-state index is 12.8. The fraction of sp³-hybridized carbons (Fsp3) is 0.667. The van der Waals surface area contributed by atoms with E-state index in [1.165, 1.54) is 11.8 Å². The van der Waals surface area contributed by atoms with Crippen LogP contribution in [0.1, 0.15) is 53.9 Å². The van der Waals surface area contributed by atoms with Crippen molar-refractivity contribution in [1.82, 2.24) is 20.8 Å². The van der Waals surface area contributed by atoms with Gasteiger partial charge in [-0.05, 0) is 56.8 Å². The summed E-state index contributed by atoms with van der Waals surface area (Å²) in [5.74, 6) is 1.45. The van der Waals surface area contributed by atoms with Gasteiger partial charge in [0.25, 0.3) is 5.22 Å². The molecule has 200 valence electrons. The van der Waals surface area contributed by atoms with Crippen LogP contribution < -0.4 is 15.4 Å². The summed E-state index contributed by atoms with van der Waals surface area (Å²) in [7, 11) is 1.96. The number of carbonyl (C=O) groups excluding carboxylic acids is 1. The van der Waals surface area contributed by atoms with Crippen LogP contribution in [0, 0.1) is 16.2 Å². The van der Waals surface area contributed by atoms with Gasteiger partial charge in [0.15, 0.2) is 0 Å². The second-order valence-corrected chi connectivity index (χ2v) is 12.2. The molecule has 9 heteroatoms. The fourth-order valence-corrected chi connectivity index (χ4v) is 4.59. The molecule has 8 nitrogen and oxygen atoms in total. The molecule has 0 unspecified atom stereocenters. The molecular formula is C27H42N4O4S. The third-order valence-electron chi connectivity index (χ3n) is 6.87. The van der Waals surface area contributed by atoms with E-state index in [2.05, 4.69) is 55.4 Å². The lowest BCUT2D eigenvalue weighted by atomic mass is 9.63. The van der Waals surface area contributed by atoms with Gasteiger partial charge in [-0.3, -0.25) is 4.79 Å². The van der Waals surface area contributed by atoms with Gasteiger partial charge in [-0.15, -0.1) is 10.2 Å². The number of aromatic nitrogens is 2. The van der Waals surface area contributed by atoms with Gasteiger partial charge in [0.1, 0.15) is 5.75 Å². The predicted molar refractivity (Wildman–Crippen MR) is 143 cm³/mol. The van der Waals surface area contributed by atoms with E-state index in [1.807, 2.05) is 37.6 Å². The Hall–Kier alpha value is -2.10. The fourth-order valence-electron chi connectivity index (χ4n) is 4.31. The van der Waals surface area contributed by atoms with E-state index >= 15 is 0 Å². The summed E-state index contributed by atoms with van der Waals surface area (Å²) in [6.07, 6.45) is 4.60. The summed E-state index contributed by atoms with van der Waals surface area (Å²) < 4.78 is 17.7. The monoisotopic (exact) mass is 518 g/mol. The van der Waals surface area contributed by atoms with E-state index in [9.17, 15) is 4.79 Å². The number of carbonyl (C=O) groups is 1. The molecule has 1 aliphatic carbocycles. The van der Waals surface area contributed by atoms with Crippen molar-refractivity contribution < 1.29 is 18.7 Å². The molecule has 1 heterocycles. The maximum atomic E-state index is 12.8. The minimum absolute atomic E-state index is 0.158. The number of hydrogen-bond donors (Lipinski definition) is 2. The van der Waals surface area contributed by atoms with E-state index in [0.717, 1.165) is 30.6 Å². The first kappa shape index (κ1) is 28.5. The number of ether oxygens (including phenoxy) is 2. The molecule has 1 aliphatic rings. The Morgan fingerprint density at radius 3 is 2.36 bits per heavy atom. The van der Waals surface area contributed by atoms with Crippen LogP contribution in [0.15, 0.2) is 33.9 Å². The minimum Gasteiger partial charge on any atom is -0.493 e. The lowest BCUT2D eigenvalue weighted by Gasteiger charge is -2.46. The maximum Gasteiger partial charge on any atom is 0.276 e. The quantitative estimate of drug-likeness (QED) is 0.344. The van der Waals surface area contributed by atoms with Crippen molar-refractivity contribution >= 4 is 17.7 Å². The molecule has 0 spiro atoms. The van der Waals surface area contributed by atoms with E-state index < -0.39 is 0 Å². The predicted octanol–water partition coefficient (Wildman–Crippen LogP) is 4.80. The summed E-state index contributed by atoms with van der Waals surface area (Å²) >= 11 is 1.42. The highest BCUT2D eigenvalue weighted by atomic mass is 32.2. The molecule has 1 aromatic heterocycles. The normalized spacial score (nSPS) is 20.1. The molecular weight excluding hydrogens is 476 g/mol. The van der Waals surface area contributed by atoms with Gasteiger partial charge in [-0.1, -0.05) is 46.4 Å². The molecule has 1 fully saturated rings. The molecule has 1 amide bonds. The molecule has 0 atom stereocenters. The molecule has 0 bridgehead atoms. The van der Waals surface area contributed by atoms with Crippen molar-refractivity contribution in [2.45, 2.75) is 65.1 Å². The van der Waals surface area contributed by atoms with Crippen LogP contribution in [0.2, 0.25) is 0 Å².